The Bertz CT molecular complexity index is 630. The van der Waals surface area contributed by atoms with E-state index in [-0.39, 0.29) is 5.56 Å². The van der Waals surface area contributed by atoms with Crippen LogP contribution in [0.25, 0.3) is 0 Å². The van der Waals surface area contributed by atoms with Crippen molar-refractivity contribution in [3.8, 4) is 11.5 Å². The van der Waals surface area contributed by atoms with Crippen LogP contribution in [0.15, 0.2) is 36.4 Å². The molecular formula is C16H16O3. The van der Waals surface area contributed by atoms with E-state index in [2.05, 4.69) is 0 Å². The third-order valence-electron chi connectivity index (χ3n) is 3.07. The van der Waals surface area contributed by atoms with Crippen molar-refractivity contribution >= 4 is 5.97 Å². The van der Waals surface area contributed by atoms with E-state index in [1.54, 1.807) is 18.2 Å². The lowest BCUT2D eigenvalue weighted by Crippen LogP contribution is -2.00. The van der Waals surface area contributed by atoms with Gasteiger partial charge in [0.15, 0.2) is 0 Å². The summed E-state index contributed by atoms with van der Waals surface area (Å²) in [5.41, 5.74) is 3.42. The summed E-state index contributed by atoms with van der Waals surface area (Å²) in [6.45, 7) is 5.92. The highest BCUT2D eigenvalue weighted by Crippen LogP contribution is 2.27. The second-order valence-corrected chi connectivity index (χ2v) is 4.65. The molecule has 0 aliphatic heterocycles. The minimum Gasteiger partial charge on any atom is -0.478 e. The van der Waals surface area contributed by atoms with Crippen molar-refractivity contribution in [3.05, 3.63) is 58.7 Å². The summed E-state index contributed by atoms with van der Waals surface area (Å²) in [5.74, 6) is 0.0331. The van der Waals surface area contributed by atoms with Crippen LogP contribution in [-0.4, -0.2) is 11.1 Å². The molecule has 0 aliphatic rings. The fraction of sp³-hybridized carbons (Fsp3) is 0.188. The van der Waals surface area contributed by atoms with Crippen LogP contribution in [0.1, 0.15) is 27.0 Å². The van der Waals surface area contributed by atoms with Crippen LogP contribution < -0.4 is 4.74 Å². The summed E-state index contributed by atoms with van der Waals surface area (Å²) in [6.07, 6.45) is 0. The zero-order valence-electron chi connectivity index (χ0n) is 11.2. The van der Waals surface area contributed by atoms with Gasteiger partial charge in [-0.15, -0.1) is 0 Å². The van der Waals surface area contributed by atoms with Crippen LogP contribution in [0, 0.1) is 20.8 Å². The van der Waals surface area contributed by atoms with Crippen LogP contribution in [0.4, 0.5) is 0 Å². The summed E-state index contributed by atoms with van der Waals surface area (Å²) >= 11 is 0. The number of benzene rings is 2. The third kappa shape index (κ3) is 2.94. The summed E-state index contributed by atoms with van der Waals surface area (Å²) in [7, 11) is 0. The van der Waals surface area contributed by atoms with Crippen molar-refractivity contribution < 1.29 is 14.6 Å². The highest BCUT2D eigenvalue weighted by atomic mass is 16.5. The number of aryl methyl sites for hydroxylation is 3. The molecule has 0 atom stereocenters. The van der Waals surface area contributed by atoms with E-state index >= 15 is 0 Å². The molecule has 3 heteroatoms. The highest BCUT2D eigenvalue weighted by molar-refractivity contribution is 5.91. The van der Waals surface area contributed by atoms with Gasteiger partial charge in [-0.2, -0.15) is 0 Å². The number of aromatic carboxylic acids is 1. The van der Waals surface area contributed by atoms with E-state index in [0.717, 1.165) is 11.1 Å². The Morgan fingerprint density at radius 2 is 1.74 bits per heavy atom. The van der Waals surface area contributed by atoms with E-state index in [1.807, 2.05) is 39.0 Å². The van der Waals surface area contributed by atoms with Gasteiger partial charge in [0.1, 0.15) is 17.1 Å². The predicted molar refractivity (Wildman–Crippen MR) is 74.1 cm³/mol. The first kappa shape index (κ1) is 13.1. The van der Waals surface area contributed by atoms with Gasteiger partial charge < -0.3 is 9.84 Å². The molecule has 2 aromatic carbocycles. The zero-order chi connectivity index (χ0) is 14.0. The largest absolute Gasteiger partial charge is 0.478 e. The number of hydrogen-bond donors (Lipinski definition) is 1. The second kappa shape index (κ2) is 5.14. The monoisotopic (exact) mass is 256 g/mol. The molecule has 0 amide bonds. The Morgan fingerprint density at radius 3 is 2.37 bits per heavy atom. The number of carboxylic acid groups (broad SMARTS) is 1. The molecule has 0 unspecified atom stereocenters. The van der Waals surface area contributed by atoms with Crippen molar-refractivity contribution in [1.82, 2.24) is 0 Å². The maximum atomic E-state index is 11.2. The smallest absolute Gasteiger partial charge is 0.339 e. The maximum absolute atomic E-state index is 11.2. The molecule has 0 radical (unpaired) electrons. The zero-order valence-corrected chi connectivity index (χ0v) is 11.2. The molecule has 1 N–H and O–H groups in total. The van der Waals surface area contributed by atoms with Crippen LogP contribution in [-0.2, 0) is 0 Å². The molecule has 98 valence electrons. The molecular weight excluding hydrogens is 240 g/mol. The van der Waals surface area contributed by atoms with E-state index in [4.69, 9.17) is 9.84 Å². The Balaban J connectivity index is 2.39. The van der Waals surface area contributed by atoms with Crippen molar-refractivity contribution in [3.63, 3.8) is 0 Å². The molecule has 2 aromatic rings. The summed E-state index contributed by atoms with van der Waals surface area (Å²) in [5, 5.41) is 9.15. The van der Waals surface area contributed by atoms with E-state index in [9.17, 15) is 4.79 Å². The van der Waals surface area contributed by atoms with Crippen LogP contribution in [0.5, 0.6) is 11.5 Å². The minimum atomic E-state index is -0.987. The number of carbonyl (C=O) groups is 1. The molecule has 3 nitrogen and oxygen atoms in total. The lowest BCUT2D eigenvalue weighted by Gasteiger charge is -2.11. The SMILES string of the molecule is Cc1ccc(C(=O)O)c(Oc2ccc(C)c(C)c2)c1. The fourth-order valence-electron chi connectivity index (χ4n) is 1.80. The standard InChI is InChI=1S/C16H16O3/c1-10-4-7-14(16(17)18)15(8-10)19-13-6-5-11(2)12(3)9-13/h4-9H,1-3H3,(H,17,18). The molecule has 0 fully saturated rings. The Kier molecular flexibility index (Phi) is 3.56. The lowest BCUT2D eigenvalue weighted by atomic mass is 10.1. The highest BCUT2D eigenvalue weighted by Gasteiger charge is 2.12. The molecule has 0 spiro atoms. The topological polar surface area (TPSA) is 46.5 Å². The van der Waals surface area contributed by atoms with Crippen LogP contribution in [0.2, 0.25) is 0 Å². The average molecular weight is 256 g/mol. The molecule has 0 saturated carbocycles. The van der Waals surface area contributed by atoms with Gasteiger partial charge >= 0.3 is 5.97 Å². The Labute approximate surface area is 112 Å². The predicted octanol–water partition coefficient (Wildman–Crippen LogP) is 4.10. The molecule has 0 saturated heterocycles. The minimum absolute atomic E-state index is 0.170. The van der Waals surface area contributed by atoms with Gasteiger partial charge in [0.2, 0.25) is 0 Å². The van der Waals surface area contributed by atoms with E-state index < -0.39 is 5.97 Å². The van der Waals surface area contributed by atoms with Gasteiger partial charge in [0, 0.05) is 0 Å². The summed E-state index contributed by atoms with van der Waals surface area (Å²) in [4.78, 5) is 11.2. The number of hydrogen-bond acceptors (Lipinski definition) is 2. The first-order chi connectivity index (χ1) is 8.97. The molecule has 0 bridgehead atoms. The van der Waals surface area contributed by atoms with E-state index in [0.29, 0.717) is 11.5 Å². The van der Waals surface area contributed by atoms with Gasteiger partial charge in [-0.3, -0.25) is 0 Å². The number of ether oxygens (including phenoxy) is 1. The quantitative estimate of drug-likeness (QED) is 0.899. The van der Waals surface area contributed by atoms with Gasteiger partial charge in [-0.25, -0.2) is 4.79 Å². The summed E-state index contributed by atoms with van der Waals surface area (Å²) < 4.78 is 5.71. The molecule has 2 rings (SSSR count). The first-order valence-corrected chi connectivity index (χ1v) is 6.06. The molecule has 19 heavy (non-hydrogen) atoms. The Morgan fingerprint density at radius 1 is 1.00 bits per heavy atom. The molecule has 0 aliphatic carbocycles. The van der Waals surface area contributed by atoms with Gasteiger partial charge in [0.25, 0.3) is 0 Å². The van der Waals surface area contributed by atoms with Gasteiger partial charge in [0.05, 0.1) is 0 Å². The van der Waals surface area contributed by atoms with Crippen molar-refractivity contribution in [2.45, 2.75) is 20.8 Å². The Hall–Kier alpha value is -2.29. The second-order valence-electron chi connectivity index (χ2n) is 4.65. The van der Waals surface area contributed by atoms with Gasteiger partial charge in [-0.05, 0) is 61.7 Å². The van der Waals surface area contributed by atoms with Gasteiger partial charge in [-0.1, -0.05) is 12.1 Å². The fourth-order valence-corrected chi connectivity index (χ4v) is 1.80. The van der Waals surface area contributed by atoms with Crippen LogP contribution in [0.3, 0.4) is 0 Å². The van der Waals surface area contributed by atoms with Crippen molar-refractivity contribution in [2.24, 2.45) is 0 Å². The normalized spacial score (nSPS) is 10.3. The molecule has 0 aromatic heterocycles. The number of rotatable bonds is 3. The van der Waals surface area contributed by atoms with Crippen molar-refractivity contribution in [1.29, 1.82) is 0 Å². The maximum Gasteiger partial charge on any atom is 0.339 e. The molecule has 0 heterocycles. The summed E-state index contributed by atoms with van der Waals surface area (Å²) in [6, 6.07) is 10.8. The average Bonchev–Trinajstić information content (AvgIpc) is 2.33. The third-order valence-corrected chi connectivity index (χ3v) is 3.07. The van der Waals surface area contributed by atoms with E-state index in [1.165, 1.54) is 5.56 Å². The van der Waals surface area contributed by atoms with Crippen LogP contribution >= 0.6 is 0 Å². The number of carboxylic acids is 1. The van der Waals surface area contributed by atoms with Crippen molar-refractivity contribution in [2.75, 3.05) is 0 Å². The first-order valence-electron chi connectivity index (χ1n) is 6.06. The lowest BCUT2D eigenvalue weighted by molar-refractivity contribution is 0.0694.